The molecular formula is C9H9FN4. The van der Waals surface area contributed by atoms with Crippen LogP contribution < -0.4 is 0 Å². The maximum Gasteiger partial charge on any atom is 0.213 e. The molecule has 0 aliphatic rings. The summed E-state index contributed by atoms with van der Waals surface area (Å²) < 4.78 is 14.4. The van der Waals surface area contributed by atoms with Crippen molar-refractivity contribution in [1.82, 2.24) is 19.7 Å². The van der Waals surface area contributed by atoms with Gasteiger partial charge >= 0.3 is 0 Å². The Morgan fingerprint density at radius 3 is 2.79 bits per heavy atom. The number of hydrogen-bond acceptors (Lipinski definition) is 3. The Labute approximate surface area is 80.4 Å². The Morgan fingerprint density at radius 2 is 2.21 bits per heavy atom. The van der Waals surface area contributed by atoms with Gasteiger partial charge in [-0.25, -0.2) is 14.6 Å². The van der Waals surface area contributed by atoms with Gasteiger partial charge in [-0.15, -0.1) is 0 Å². The second-order valence-electron chi connectivity index (χ2n) is 2.97. The van der Waals surface area contributed by atoms with Gasteiger partial charge in [-0.1, -0.05) is 0 Å². The molecule has 14 heavy (non-hydrogen) atoms. The summed E-state index contributed by atoms with van der Waals surface area (Å²) in [4.78, 5) is 7.66. The molecule has 0 fully saturated rings. The fraction of sp³-hybridized carbons (Fsp3) is 0.222. The van der Waals surface area contributed by atoms with E-state index < -0.39 is 5.95 Å². The van der Waals surface area contributed by atoms with E-state index in [9.17, 15) is 4.39 Å². The summed E-state index contributed by atoms with van der Waals surface area (Å²) in [6.07, 6.45) is 1.41. The molecule has 0 aromatic carbocycles. The van der Waals surface area contributed by atoms with Gasteiger partial charge in [-0.2, -0.15) is 9.49 Å². The van der Waals surface area contributed by atoms with Gasteiger partial charge in [0.15, 0.2) is 5.82 Å². The minimum Gasteiger partial charge on any atom is -0.249 e. The van der Waals surface area contributed by atoms with Gasteiger partial charge in [0.2, 0.25) is 5.95 Å². The van der Waals surface area contributed by atoms with Crippen LogP contribution in [0.5, 0.6) is 0 Å². The normalized spacial score (nSPS) is 10.5. The third-order valence-electron chi connectivity index (χ3n) is 1.85. The lowest BCUT2D eigenvalue weighted by molar-refractivity contribution is 0.584. The van der Waals surface area contributed by atoms with E-state index in [1.807, 2.05) is 0 Å². The summed E-state index contributed by atoms with van der Waals surface area (Å²) in [5.74, 6) is 0.798. The first-order chi connectivity index (χ1) is 6.66. The van der Waals surface area contributed by atoms with Crippen molar-refractivity contribution in [3.63, 3.8) is 0 Å². The van der Waals surface area contributed by atoms with Crippen LogP contribution in [0.4, 0.5) is 4.39 Å². The van der Waals surface area contributed by atoms with Gasteiger partial charge in [0.05, 0.1) is 0 Å². The van der Waals surface area contributed by atoms with E-state index in [-0.39, 0.29) is 0 Å². The number of rotatable bonds is 1. The first kappa shape index (κ1) is 8.80. The van der Waals surface area contributed by atoms with Crippen molar-refractivity contribution in [3.05, 3.63) is 30.1 Å². The summed E-state index contributed by atoms with van der Waals surface area (Å²) in [7, 11) is 1.77. The molecule has 0 saturated heterocycles. The average Bonchev–Trinajstić information content (AvgIpc) is 2.45. The molecule has 2 rings (SSSR count). The maximum absolute atomic E-state index is 12.8. The van der Waals surface area contributed by atoms with Gasteiger partial charge in [0, 0.05) is 24.9 Å². The quantitative estimate of drug-likeness (QED) is 0.640. The van der Waals surface area contributed by atoms with Gasteiger partial charge in [-0.3, -0.25) is 0 Å². The molecule has 0 amide bonds. The number of aromatic nitrogens is 4. The van der Waals surface area contributed by atoms with Gasteiger partial charge < -0.3 is 0 Å². The standard InChI is InChI=1S/C9H9FN4/c1-6-12-9(14(2)13-6)7-3-4-11-8(10)5-7/h3-5H,1-2H3. The molecule has 4 nitrogen and oxygen atoms in total. The monoisotopic (exact) mass is 192 g/mol. The van der Waals surface area contributed by atoms with Crippen molar-refractivity contribution in [2.45, 2.75) is 6.92 Å². The number of hydrogen-bond donors (Lipinski definition) is 0. The van der Waals surface area contributed by atoms with Gasteiger partial charge in [-0.05, 0) is 13.0 Å². The zero-order valence-electron chi connectivity index (χ0n) is 7.90. The van der Waals surface area contributed by atoms with E-state index in [0.717, 1.165) is 0 Å². The molecule has 0 aliphatic heterocycles. The summed E-state index contributed by atoms with van der Waals surface area (Å²) in [5.41, 5.74) is 0.681. The first-order valence-corrected chi connectivity index (χ1v) is 4.16. The first-order valence-electron chi connectivity index (χ1n) is 4.16. The third-order valence-corrected chi connectivity index (χ3v) is 1.85. The summed E-state index contributed by atoms with van der Waals surface area (Å²) >= 11 is 0. The van der Waals surface area contributed by atoms with Crippen LogP contribution in [-0.2, 0) is 7.05 Å². The largest absolute Gasteiger partial charge is 0.249 e. The molecule has 72 valence electrons. The fourth-order valence-electron chi connectivity index (χ4n) is 1.31. The third kappa shape index (κ3) is 1.48. The molecular weight excluding hydrogens is 183 g/mol. The Hall–Kier alpha value is -1.78. The van der Waals surface area contributed by atoms with Crippen molar-refractivity contribution < 1.29 is 4.39 Å². The van der Waals surface area contributed by atoms with Gasteiger partial charge in [0.25, 0.3) is 0 Å². The topological polar surface area (TPSA) is 43.6 Å². The second-order valence-corrected chi connectivity index (χ2v) is 2.97. The molecule has 0 bridgehead atoms. The molecule has 0 N–H and O–H groups in total. The highest BCUT2D eigenvalue weighted by Gasteiger charge is 2.07. The molecule has 2 aromatic rings. The van der Waals surface area contributed by atoms with E-state index >= 15 is 0 Å². The van der Waals surface area contributed by atoms with Crippen LogP contribution in [0.3, 0.4) is 0 Å². The molecule has 0 radical (unpaired) electrons. The van der Waals surface area contributed by atoms with Crippen LogP contribution in [0, 0.1) is 12.9 Å². The van der Waals surface area contributed by atoms with Crippen LogP contribution in [0.25, 0.3) is 11.4 Å². The minimum atomic E-state index is -0.511. The lowest BCUT2D eigenvalue weighted by Crippen LogP contribution is -1.95. The summed E-state index contributed by atoms with van der Waals surface area (Å²) in [6.45, 7) is 1.79. The highest BCUT2D eigenvalue weighted by molar-refractivity contribution is 5.53. The SMILES string of the molecule is Cc1nc(-c2ccnc(F)c2)n(C)n1. The molecule has 2 heterocycles. The van der Waals surface area contributed by atoms with Crippen molar-refractivity contribution in [2.24, 2.45) is 7.05 Å². The Bertz CT molecular complexity index is 464. The molecule has 0 aliphatic carbocycles. The Morgan fingerprint density at radius 1 is 1.43 bits per heavy atom. The van der Waals surface area contributed by atoms with Crippen LogP contribution >= 0.6 is 0 Å². The van der Waals surface area contributed by atoms with Crippen molar-refractivity contribution in [2.75, 3.05) is 0 Å². The highest BCUT2D eigenvalue weighted by atomic mass is 19.1. The van der Waals surface area contributed by atoms with Crippen molar-refractivity contribution in [1.29, 1.82) is 0 Å². The molecule has 5 heteroatoms. The molecule has 2 aromatic heterocycles. The van der Waals surface area contributed by atoms with Crippen LogP contribution in [0.15, 0.2) is 18.3 Å². The van der Waals surface area contributed by atoms with E-state index in [4.69, 9.17) is 0 Å². The summed E-state index contributed by atoms with van der Waals surface area (Å²) in [5, 5.41) is 4.08. The predicted octanol–water partition coefficient (Wildman–Crippen LogP) is 1.32. The number of halogens is 1. The van der Waals surface area contributed by atoms with E-state index in [1.165, 1.54) is 12.3 Å². The average molecular weight is 192 g/mol. The second kappa shape index (κ2) is 3.17. The minimum absolute atomic E-state index is 0.511. The lowest BCUT2D eigenvalue weighted by atomic mass is 10.2. The molecule has 0 spiro atoms. The molecule has 0 unspecified atom stereocenters. The zero-order chi connectivity index (χ0) is 10.1. The fourth-order valence-corrected chi connectivity index (χ4v) is 1.31. The van der Waals surface area contributed by atoms with Crippen LogP contribution in [0.1, 0.15) is 5.82 Å². The Kier molecular flexibility index (Phi) is 1.99. The van der Waals surface area contributed by atoms with Crippen LogP contribution in [-0.4, -0.2) is 19.7 Å². The van der Waals surface area contributed by atoms with Gasteiger partial charge in [0.1, 0.15) is 5.82 Å². The zero-order valence-corrected chi connectivity index (χ0v) is 7.90. The van der Waals surface area contributed by atoms with E-state index in [0.29, 0.717) is 17.2 Å². The molecule has 0 atom stereocenters. The number of pyridine rings is 1. The Balaban J connectivity index is 2.54. The predicted molar refractivity (Wildman–Crippen MR) is 48.9 cm³/mol. The van der Waals surface area contributed by atoms with E-state index in [2.05, 4.69) is 15.1 Å². The molecule has 0 saturated carbocycles. The van der Waals surface area contributed by atoms with Crippen LogP contribution in [0.2, 0.25) is 0 Å². The summed E-state index contributed by atoms with van der Waals surface area (Å²) in [6, 6.07) is 3.04. The van der Waals surface area contributed by atoms with Crippen molar-refractivity contribution in [3.8, 4) is 11.4 Å². The number of aryl methyl sites for hydroxylation is 2. The smallest absolute Gasteiger partial charge is 0.213 e. The van der Waals surface area contributed by atoms with Crippen molar-refractivity contribution >= 4 is 0 Å². The number of nitrogens with zero attached hydrogens (tertiary/aromatic N) is 4. The highest BCUT2D eigenvalue weighted by Crippen LogP contribution is 2.15. The lowest BCUT2D eigenvalue weighted by Gasteiger charge is -1.98. The maximum atomic E-state index is 12.8. The van der Waals surface area contributed by atoms with E-state index in [1.54, 1.807) is 24.7 Å².